The molecule has 1 fully saturated rings. The van der Waals surface area contributed by atoms with Gasteiger partial charge in [0.1, 0.15) is 17.2 Å². The number of hydrogen-bond donors (Lipinski definition) is 2. The zero-order valence-corrected chi connectivity index (χ0v) is 17.2. The zero-order valence-electron chi connectivity index (χ0n) is 16.4. The third-order valence-electron chi connectivity index (χ3n) is 4.37. The van der Waals surface area contributed by atoms with Crippen LogP contribution in [0.1, 0.15) is 18.9 Å². The number of aliphatic imine (C=N–C) groups is 1. The summed E-state index contributed by atoms with van der Waals surface area (Å²) in [5.41, 5.74) is 0.906. The van der Waals surface area contributed by atoms with Gasteiger partial charge in [-0.05, 0) is 19.8 Å². The summed E-state index contributed by atoms with van der Waals surface area (Å²) in [6.45, 7) is 3.16. The van der Waals surface area contributed by atoms with Crippen molar-refractivity contribution in [3.63, 3.8) is 0 Å². The second-order valence-electron chi connectivity index (χ2n) is 6.27. The summed E-state index contributed by atoms with van der Waals surface area (Å²) in [7, 11) is 1.87. The minimum Gasteiger partial charge on any atom is -0.496 e. The number of guanidine groups is 1. The molecule has 1 aromatic carbocycles. The Morgan fingerprint density at radius 3 is 2.33 bits per heavy atom. The minimum absolute atomic E-state index is 0.0992. The third kappa shape index (κ3) is 5.92. The van der Waals surface area contributed by atoms with Gasteiger partial charge >= 0.3 is 0 Å². The van der Waals surface area contributed by atoms with Crippen LogP contribution >= 0.6 is 0 Å². The fourth-order valence-corrected chi connectivity index (χ4v) is 4.70. The van der Waals surface area contributed by atoms with E-state index in [0.29, 0.717) is 49.1 Å². The highest BCUT2D eigenvalue weighted by Crippen LogP contribution is 2.34. The molecule has 0 spiro atoms. The van der Waals surface area contributed by atoms with E-state index in [0.717, 1.165) is 5.56 Å². The molecule has 8 nitrogen and oxygen atoms in total. The largest absolute Gasteiger partial charge is 0.496 e. The molecular formula is C18H29N3O5S. The smallest absolute Gasteiger partial charge is 0.191 e. The van der Waals surface area contributed by atoms with E-state index < -0.39 is 9.84 Å². The Kier molecular flexibility index (Phi) is 7.58. The van der Waals surface area contributed by atoms with E-state index in [1.165, 1.54) is 0 Å². The van der Waals surface area contributed by atoms with E-state index in [1.807, 2.05) is 19.1 Å². The molecule has 0 aromatic heterocycles. The number of ether oxygens (including phenoxy) is 3. The lowest BCUT2D eigenvalue weighted by atomic mass is 10.1. The first kappa shape index (κ1) is 21.1. The van der Waals surface area contributed by atoms with Crippen molar-refractivity contribution >= 4 is 15.8 Å². The van der Waals surface area contributed by atoms with E-state index in [9.17, 15) is 8.42 Å². The van der Waals surface area contributed by atoms with Crippen molar-refractivity contribution in [2.24, 2.45) is 4.99 Å². The molecule has 2 N–H and O–H groups in total. The van der Waals surface area contributed by atoms with Gasteiger partial charge in [0.2, 0.25) is 0 Å². The molecule has 1 aliphatic heterocycles. The quantitative estimate of drug-likeness (QED) is 0.497. The number of nitrogens with one attached hydrogen (secondary N) is 2. The highest BCUT2D eigenvalue weighted by molar-refractivity contribution is 7.91. The molecule has 1 unspecified atom stereocenters. The van der Waals surface area contributed by atoms with Gasteiger partial charge in [-0.25, -0.2) is 8.42 Å². The average molecular weight is 400 g/mol. The average Bonchev–Trinajstić information content (AvgIpc) is 2.99. The maximum Gasteiger partial charge on any atom is 0.191 e. The number of sulfone groups is 1. The van der Waals surface area contributed by atoms with E-state index in [2.05, 4.69) is 15.6 Å². The monoisotopic (exact) mass is 399 g/mol. The van der Waals surface area contributed by atoms with E-state index in [1.54, 1.807) is 21.3 Å². The van der Waals surface area contributed by atoms with Crippen LogP contribution < -0.4 is 24.8 Å². The van der Waals surface area contributed by atoms with Gasteiger partial charge in [0, 0.05) is 36.8 Å². The third-order valence-corrected chi connectivity index (χ3v) is 6.13. The molecule has 0 saturated carbocycles. The number of nitrogens with zero attached hydrogens (tertiary/aromatic N) is 1. The van der Waals surface area contributed by atoms with Gasteiger partial charge in [0.25, 0.3) is 0 Å². The van der Waals surface area contributed by atoms with Crippen molar-refractivity contribution in [1.82, 2.24) is 10.6 Å². The molecule has 152 valence electrons. The molecule has 27 heavy (non-hydrogen) atoms. The lowest BCUT2D eigenvalue weighted by molar-refractivity contribution is 0.369. The van der Waals surface area contributed by atoms with Crippen LogP contribution in [0.4, 0.5) is 0 Å². The molecule has 1 saturated heterocycles. The van der Waals surface area contributed by atoms with Gasteiger partial charge in [0.05, 0.1) is 32.8 Å². The Labute approximate surface area is 161 Å². The van der Waals surface area contributed by atoms with Crippen molar-refractivity contribution in [1.29, 1.82) is 0 Å². The standard InChI is InChI=1S/C18H29N3O5S/c1-5-19-18(21-13-7-9-27(22,23)12-13)20-8-6-15-16(25-3)10-14(24-2)11-17(15)26-4/h10-11,13H,5-9,12H2,1-4H3,(H2,19,20,21). The number of methoxy groups -OCH3 is 3. The van der Waals surface area contributed by atoms with Crippen LogP contribution in [0.2, 0.25) is 0 Å². The molecule has 0 aliphatic carbocycles. The van der Waals surface area contributed by atoms with Gasteiger partial charge in [-0.15, -0.1) is 0 Å². The maximum absolute atomic E-state index is 11.6. The zero-order chi connectivity index (χ0) is 19.9. The summed E-state index contributed by atoms with van der Waals surface area (Å²) in [6.07, 6.45) is 1.21. The summed E-state index contributed by atoms with van der Waals surface area (Å²) in [5, 5.41) is 6.37. The minimum atomic E-state index is -2.93. The highest BCUT2D eigenvalue weighted by Gasteiger charge is 2.28. The first-order valence-electron chi connectivity index (χ1n) is 8.96. The molecule has 1 aliphatic rings. The topological polar surface area (TPSA) is 98.2 Å². The second kappa shape index (κ2) is 9.68. The summed E-state index contributed by atoms with van der Waals surface area (Å²) >= 11 is 0. The number of benzene rings is 1. The van der Waals surface area contributed by atoms with E-state index in [-0.39, 0.29) is 17.5 Å². The maximum atomic E-state index is 11.6. The van der Waals surface area contributed by atoms with Crippen LogP contribution in [0.25, 0.3) is 0 Å². The SMILES string of the molecule is CCNC(=NCCc1c(OC)cc(OC)cc1OC)NC1CCS(=O)(=O)C1. The molecule has 1 heterocycles. The van der Waals surface area contributed by atoms with Crippen molar-refractivity contribution < 1.29 is 22.6 Å². The molecule has 0 bridgehead atoms. The van der Waals surface area contributed by atoms with Gasteiger partial charge in [-0.2, -0.15) is 0 Å². The normalized spacial score (nSPS) is 18.8. The van der Waals surface area contributed by atoms with Crippen LogP contribution in [0, 0.1) is 0 Å². The van der Waals surface area contributed by atoms with E-state index in [4.69, 9.17) is 14.2 Å². The Morgan fingerprint density at radius 2 is 1.85 bits per heavy atom. The summed E-state index contributed by atoms with van der Waals surface area (Å²) < 4.78 is 39.5. The fourth-order valence-electron chi connectivity index (χ4n) is 3.03. The molecule has 0 amide bonds. The first-order valence-corrected chi connectivity index (χ1v) is 10.8. The van der Waals surface area contributed by atoms with Crippen molar-refractivity contribution in [3.8, 4) is 17.2 Å². The summed E-state index contributed by atoms with van der Waals surface area (Å²) in [6, 6.07) is 3.53. The number of rotatable bonds is 8. The molecular weight excluding hydrogens is 370 g/mol. The van der Waals surface area contributed by atoms with Crippen molar-refractivity contribution in [2.45, 2.75) is 25.8 Å². The van der Waals surface area contributed by atoms with Crippen molar-refractivity contribution in [3.05, 3.63) is 17.7 Å². The van der Waals surface area contributed by atoms with Crippen LogP contribution in [-0.4, -0.2) is 66.3 Å². The summed E-state index contributed by atoms with van der Waals surface area (Å²) in [4.78, 5) is 4.57. The Balaban J connectivity index is 2.08. The lowest BCUT2D eigenvalue weighted by Gasteiger charge is -2.17. The van der Waals surface area contributed by atoms with E-state index >= 15 is 0 Å². The van der Waals surface area contributed by atoms with Crippen LogP contribution in [-0.2, 0) is 16.3 Å². The molecule has 9 heteroatoms. The first-order chi connectivity index (χ1) is 12.9. The second-order valence-corrected chi connectivity index (χ2v) is 8.49. The highest BCUT2D eigenvalue weighted by atomic mass is 32.2. The molecule has 1 aromatic rings. The van der Waals surface area contributed by atoms with Gasteiger partial charge < -0.3 is 24.8 Å². The van der Waals surface area contributed by atoms with Crippen LogP contribution in [0.3, 0.4) is 0 Å². The van der Waals surface area contributed by atoms with Gasteiger partial charge in [-0.1, -0.05) is 0 Å². The molecule has 0 radical (unpaired) electrons. The fraction of sp³-hybridized carbons (Fsp3) is 0.611. The Morgan fingerprint density at radius 1 is 1.19 bits per heavy atom. The lowest BCUT2D eigenvalue weighted by Crippen LogP contribution is -2.44. The predicted molar refractivity (Wildman–Crippen MR) is 106 cm³/mol. The van der Waals surface area contributed by atoms with Gasteiger partial charge in [-0.3, -0.25) is 4.99 Å². The number of hydrogen-bond acceptors (Lipinski definition) is 6. The van der Waals surface area contributed by atoms with Crippen LogP contribution in [0.5, 0.6) is 17.2 Å². The Hall–Kier alpha value is -2.16. The van der Waals surface area contributed by atoms with Crippen molar-refractivity contribution in [2.75, 3.05) is 45.9 Å². The summed E-state index contributed by atoms with van der Waals surface area (Å²) in [5.74, 6) is 3.02. The molecule has 1 atom stereocenters. The van der Waals surface area contributed by atoms with Crippen LogP contribution in [0.15, 0.2) is 17.1 Å². The predicted octanol–water partition coefficient (Wildman–Crippen LogP) is 0.997. The Bertz CT molecular complexity index is 739. The van der Waals surface area contributed by atoms with Gasteiger partial charge in [0.15, 0.2) is 15.8 Å². The molecule has 2 rings (SSSR count).